The molecule has 0 aliphatic carbocycles. The van der Waals surface area contributed by atoms with Crippen LogP contribution in [0.3, 0.4) is 0 Å². The molecule has 2 aromatic rings. The summed E-state index contributed by atoms with van der Waals surface area (Å²) in [5.41, 5.74) is -0.828. The van der Waals surface area contributed by atoms with Crippen molar-refractivity contribution in [3.63, 3.8) is 0 Å². The minimum absolute atomic E-state index is 0.0550. The van der Waals surface area contributed by atoms with Crippen LogP contribution in [0.5, 0.6) is 0 Å². The molecule has 0 aromatic carbocycles. The molecule has 2 heterocycles. The van der Waals surface area contributed by atoms with Gasteiger partial charge in [0.25, 0.3) is 0 Å². The quantitative estimate of drug-likeness (QED) is 0.566. The average Bonchev–Trinajstić information content (AvgIpc) is 2.67. The summed E-state index contributed by atoms with van der Waals surface area (Å²) in [5.74, 6) is -1.24. The Balaban J connectivity index is 0.000000357. The Morgan fingerprint density at radius 1 is 1.28 bits per heavy atom. The van der Waals surface area contributed by atoms with Crippen LogP contribution in [0.25, 0.3) is 5.65 Å². The largest absolute Gasteiger partial charge is 0.503 e. The number of nitrogens with zero attached hydrogens (tertiary/aromatic N) is 5. The topological polar surface area (TPSA) is 160 Å². The van der Waals surface area contributed by atoms with Gasteiger partial charge in [-0.3, -0.25) is 0 Å². The van der Waals surface area contributed by atoms with Gasteiger partial charge < -0.3 is 15.3 Å². The van der Waals surface area contributed by atoms with Gasteiger partial charge in [-0.15, -0.1) is 5.10 Å². The Morgan fingerprint density at radius 2 is 1.83 bits per heavy atom. The third-order valence-electron chi connectivity index (χ3n) is 1.70. The molecule has 2 aromatic heterocycles. The number of carbonyl (C=O) groups is 2. The van der Waals surface area contributed by atoms with Gasteiger partial charge in [0.2, 0.25) is 0 Å². The van der Waals surface area contributed by atoms with Crippen molar-refractivity contribution < 1.29 is 24.9 Å². The molecule has 0 unspecified atom stereocenters. The highest BCUT2D eigenvalue weighted by Gasteiger charge is 2.15. The summed E-state index contributed by atoms with van der Waals surface area (Å²) in [6.07, 6.45) is -0.726. The maximum atomic E-state index is 11.4. The molecular formula is C7H7N5O6. The van der Waals surface area contributed by atoms with Crippen LogP contribution in [0.2, 0.25) is 0 Å². The highest BCUT2D eigenvalue weighted by atomic mass is 16.6. The van der Waals surface area contributed by atoms with E-state index < -0.39 is 17.8 Å². The first-order valence-electron chi connectivity index (χ1n) is 4.26. The first-order chi connectivity index (χ1) is 8.34. The van der Waals surface area contributed by atoms with E-state index in [1.54, 1.807) is 0 Å². The average molecular weight is 257 g/mol. The third kappa shape index (κ3) is 2.58. The van der Waals surface area contributed by atoms with Gasteiger partial charge in [-0.1, -0.05) is 5.21 Å². The van der Waals surface area contributed by atoms with Gasteiger partial charge in [-0.25, -0.2) is 23.8 Å². The van der Waals surface area contributed by atoms with Crippen molar-refractivity contribution in [2.45, 2.75) is 0 Å². The number of aryl methyl sites for hydroxylation is 1. The minimum atomic E-state index is -1.83. The number of imidazole rings is 1. The van der Waals surface area contributed by atoms with Gasteiger partial charge in [0.15, 0.2) is 11.3 Å². The number of fused-ring (bicyclic) bond motifs is 1. The van der Waals surface area contributed by atoms with Gasteiger partial charge in [-0.2, -0.15) is 4.68 Å². The van der Waals surface area contributed by atoms with Crippen LogP contribution in [0.4, 0.5) is 4.79 Å². The van der Waals surface area contributed by atoms with Crippen molar-refractivity contribution in [1.82, 2.24) is 24.4 Å². The summed E-state index contributed by atoms with van der Waals surface area (Å²) in [7, 11) is 1.41. The Bertz CT molecular complexity index is 654. The van der Waals surface area contributed by atoms with Crippen molar-refractivity contribution >= 4 is 17.8 Å². The van der Waals surface area contributed by atoms with E-state index in [0.29, 0.717) is 0 Å². The Kier molecular flexibility index (Phi) is 3.56. The fraction of sp³-hybridized carbons (Fsp3) is 0.143. The maximum Gasteiger partial charge on any atom is 0.503 e. The SMILES string of the molecule is Cn1nnc2c(C(=O)O)ncn2c1=O.O=C(O)O. The normalized spacial score (nSPS) is 9.61. The molecule has 18 heavy (non-hydrogen) atoms. The van der Waals surface area contributed by atoms with Gasteiger partial charge >= 0.3 is 17.8 Å². The lowest BCUT2D eigenvalue weighted by Gasteiger charge is -1.94. The maximum absolute atomic E-state index is 11.4. The Morgan fingerprint density at radius 3 is 2.33 bits per heavy atom. The molecule has 0 radical (unpaired) electrons. The summed E-state index contributed by atoms with van der Waals surface area (Å²) in [5, 5.41) is 29.6. The van der Waals surface area contributed by atoms with E-state index in [1.807, 2.05) is 0 Å². The van der Waals surface area contributed by atoms with Gasteiger partial charge in [0.05, 0.1) is 0 Å². The molecule has 0 saturated carbocycles. The predicted octanol–water partition coefficient (Wildman–Crippen LogP) is -1.26. The van der Waals surface area contributed by atoms with E-state index in [4.69, 9.17) is 20.1 Å². The number of aromatic nitrogens is 5. The van der Waals surface area contributed by atoms with Crippen LogP contribution in [0, 0.1) is 0 Å². The fourth-order valence-electron chi connectivity index (χ4n) is 1.03. The zero-order chi connectivity index (χ0) is 13.9. The minimum Gasteiger partial charge on any atom is -0.476 e. The second kappa shape index (κ2) is 4.90. The van der Waals surface area contributed by atoms with Crippen molar-refractivity contribution in [3.05, 3.63) is 22.5 Å². The van der Waals surface area contributed by atoms with E-state index in [1.165, 1.54) is 7.05 Å². The highest BCUT2D eigenvalue weighted by Crippen LogP contribution is 2.01. The van der Waals surface area contributed by atoms with E-state index in [2.05, 4.69) is 15.3 Å². The molecule has 0 fully saturated rings. The number of aromatic carboxylic acids is 1. The summed E-state index contributed by atoms with van der Waals surface area (Å²) < 4.78 is 2.01. The molecule has 0 aliphatic rings. The zero-order valence-electron chi connectivity index (χ0n) is 8.88. The number of carboxylic acids is 1. The molecule has 96 valence electrons. The van der Waals surface area contributed by atoms with E-state index in [0.717, 1.165) is 15.4 Å². The summed E-state index contributed by atoms with van der Waals surface area (Å²) in [6, 6.07) is 0. The van der Waals surface area contributed by atoms with E-state index in [9.17, 15) is 9.59 Å². The van der Waals surface area contributed by atoms with Crippen LogP contribution in [0.15, 0.2) is 11.1 Å². The Hall–Kier alpha value is -2.98. The molecular weight excluding hydrogens is 250 g/mol. The second-order valence-corrected chi connectivity index (χ2v) is 2.87. The van der Waals surface area contributed by atoms with Gasteiger partial charge in [0.1, 0.15) is 6.33 Å². The van der Waals surface area contributed by atoms with Crippen molar-refractivity contribution in [2.24, 2.45) is 7.05 Å². The van der Waals surface area contributed by atoms with Gasteiger partial charge in [-0.05, 0) is 0 Å². The smallest absolute Gasteiger partial charge is 0.476 e. The summed E-state index contributed by atoms with van der Waals surface area (Å²) in [4.78, 5) is 34.1. The zero-order valence-corrected chi connectivity index (χ0v) is 8.88. The van der Waals surface area contributed by atoms with Crippen LogP contribution >= 0.6 is 0 Å². The molecule has 0 bridgehead atoms. The molecule has 11 heteroatoms. The highest BCUT2D eigenvalue weighted by molar-refractivity contribution is 5.91. The number of hydrogen-bond acceptors (Lipinski definition) is 6. The molecule has 0 saturated heterocycles. The lowest BCUT2D eigenvalue weighted by molar-refractivity contribution is 0.0692. The van der Waals surface area contributed by atoms with Crippen molar-refractivity contribution in [3.8, 4) is 0 Å². The van der Waals surface area contributed by atoms with E-state index in [-0.39, 0.29) is 11.3 Å². The first kappa shape index (κ1) is 13.1. The molecule has 0 spiro atoms. The standard InChI is InChI=1S/C6H5N5O3.CH2O3/c1-10-6(14)11-2-7-3(5(12)13)4(11)8-9-10;2-1(3)4/h2H,1H3,(H,12,13);(H2,2,3,4). The lowest BCUT2D eigenvalue weighted by Crippen LogP contribution is -2.27. The predicted molar refractivity (Wildman–Crippen MR) is 53.6 cm³/mol. The molecule has 0 aliphatic heterocycles. The van der Waals surface area contributed by atoms with E-state index >= 15 is 0 Å². The van der Waals surface area contributed by atoms with Crippen LogP contribution < -0.4 is 5.69 Å². The molecule has 2 rings (SSSR count). The molecule has 0 amide bonds. The fourth-order valence-corrected chi connectivity index (χ4v) is 1.03. The summed E-state index contributed by atoms with van der Waals surface area (Å²) in [6.45, 7) is 0. The van der Waals surface area contributed by atoms with Gasteiger partial charge in [0, 0.05) is 7.05 Å². The number of carboxylic acid groups (broad SMARTS) is 3. The number of rotatable bonds is 1. The second-order valence-electron chi connectivity index (χ2n) is 2.87. The van der Waals surface area contributed by atoms with Crippen LogP contribution in [0.1, 0.15) is 10.5 Å². The van der Waals surface area contributed by atoms with Crippen molar-refractivity contribution in [2.75, 3.05) is 0 Å². The van der Waals surface area contributed by atoms with Crippen LogP contribution in [-0.4, -0.2) is 51.8 Å². The molecule has 11 nitrogen and oxygen atoms in total. The van der Waals surface area contributed by atoms with Crippen LogP contribution in [-0.2, 0) is 7.05 Å². The Labute approximate surface area is 97.5 Å². The lowest BCUT2D eigenvalue weighted by atomic mass is 10.5. The monoisotopic (exact) mass is 257 g/mol. The summed E-state index contributed by atoms with van der Waals surface area (Å²) >= 11 is 0. The molecule has 0 atom stereocenters. The van der Waals surface area contributed by atoms with Crippen molar-refractivity contribution in [1.29, 1.82) is 0 Å². The first-order valence-corrected chi connectivity index (χ1v) is 4.26. The molecule has 3 N–H and O–H groups in total. The number of hydrogen-bond donors (Lipinski definition) is 3. The third-order valence-corrected chi connectivity index (χ3v) is 1.70.